The van der Waals surface area contributed by atoms with Crippen molar-refractivity contribution in [3.8, 4) is 11.3 Å². The number of pyridine rings is 1. The average Bonchev–Trinajstić information content (AvgIpc) is 2.78. The quantitative estimate of drug-likeness (QED) is 0.190. The lowest BCUT2D eigenvalue weighted by molar-refractivity contribution is -0.659. The van der Waals surface area contributed by atoms with Crippen molar-refractivity contribution in [3.05, 3.63) is 77.2 Å². The number of fused-ring (bicyclic) bond motifs is 5. The first-order valence-corrected chi connectivity index (χ1v) is 12.4. The summed E-state index contributed by atoms with van der Waals surface area (Å²) in [6.45, 7) is 9.05. The van der Waals surface area contributed by atoms with E-state index in [1.165, 1.54) is 53.9 Å². The summed E-state index contributed by atoms with van der Waals surface area (Å²) in [7, 11) is 2.14. The summed E-state index contributed by atoms with van der Waals surface area (Å²) in [5.41, 5.74) is 6.65. The molecule has 0 spiro atoms. The molecule has 0 unspecified atom stereocenters. The first-order chi connectivity index (χ1) is 15.8. The molecular weight excluding hydrogens is 425 g/mol. The van der Waals surface area contributed by atoms with Crippen molar-refractivity contribution in [1.82, 2.24) is 0 Å². The maximum atomic E-state index is 14.2. The van der Waals surface area contributed by atoms with Crippen LogP contribution in [-0.4, -0.2) is 0 Å². The van der Waals surface area contributed by atoms with E-state index < -0.39 is 0 Å². The lowest BCUT2D eigenvalue weighted by atomic mass is 9.87. The summed E-state index contributed by atoms with van der Waals surface area (Å²) in [4.78, 5) is 2.65. The van der Waals surface area contributed by atoms with Crippen LogP contribution in [0.5, 0.6) is 0 Å². The van der Waals surface area contributed by atoms with E-state index in [1.54, 1.807) is 12.1 Å². The number of hydrogen-bond acceptors (Lipinski definition) is 1. The van der Waals surface area contributed by atoms with Gasteiger partial charge in [0.25, 0.3) is 0 Å². The number of aryl methyl sites for hydroxylation is 3. The molecule has 0 atom stereocenters. The summed E-state index contributed by atoms with van der Waals surface area (Å²) < 4.78 is 16.5. The third-order valence-corrected chi connectivity index (χ3v) is 8.20. The molecule has 1 aliphatic rings. The standard InChI is InChI=1S/C30H27FNS/c1-16(2)12-25-21-9-6-17(3)13-23(21)18(4)27-29-28-22(10-11-32(29)5)24-15-20(31)8-7-19(24)14-26(28)33-30(25)27/h6-11,13-16H,12H2,1-5H3/q+1. The van der Waals surface area contributed by atoms with Gasteiger partial charge >= 0.3 is 0 Å². The first-order valence-electron chi connectivity index (χ1n) is 11.6. The van der Waals surface area contributed by atoms with Gasteiger partial charge in [-0.05, 0) is 77.1 Å². The highest BCUT2D eigenvalue weighted by atomic mass is 32.2. The van der Waals surface area contributed by atoms with Crippen molar-refractivity contribution in [2.45, 2.75) is 43.9 Å². The molecule has 0 saturated carbocycles. The third kappa shape index (κ3) is 3.02. The summed E-state index contributed by atoms with van der Waals surface area (Å²) in [6, 6.07) is 16.4. The van der Waals surface area contributed by atoms with Crippen LogP contribution in [0.2, 0.25) is 0 Å². The van der Waals surface area contributed by atoms with E-state index in [0.717, 1.165) is 22.6 Å². The van der Waals surface area contributed by atoms with Crippen LogP contribution in [0.4, 0.5) is 4.39 Å². The number of benzene rings is 4. The topological polar surface area (TPSA) is 3.88 Å². The highest BCUT2D eigenvalue weighted by Gasteiger charge is 2.32. The molecule has 2 heterocycles. The lowest BCUT2D eigenvalue weighted by Gasteiger charge is -2.26. The minimum Gasteiger partial charge on any atom is -0.207 e. The van der Waals surface area contributed by atoms with Gasteiger partial charge in [0, 0.05) is 21.2 Å². The summed E-state index contributed by atoms with van der Waals surface area (Å²) in [5.74, 6) is 0.376. The summed E-state index contributed by atoms with van der Waals surface area (Å²) in [5, 5.41) is 7.16. The van der Waals surface area contributed by atoms with Crippen LogP contribution in [0.1, 0.15) is 30.5 Å². The second-order valence-corrected chi connectivity index (χ2v) is 10.9. The van der Waals surface area contributed by atoms with E-state index in [2.05, 4.69) is 75.8 Å². The third-order valence-electron chi connectivity index (χ3n) is 7.00. The highest BCUT2D eigenvalue weighted by Crippen LogP contribution is 2.53. The van der Waals surface area contributed by atoms with Gasteiger partial charge in [0.1, 0.15) is 12.9 Å². The fourth-order valence-electron chi connectivity index (χ4n) is 5.53. The van der Waals surface area contributed by atoms with Gasteiger partial charge in [0.2, 0.25) is 5.69 Å². The van der Waals surface area contributed by atoms with Crippen molar-refractivity contribution in [1.29, 1.82) is 0 Å². The largest absolute Gasteiger partial charge is 0.222 e. The van der Waals surface area contributed by atoms with E-state index in [1.807, 2.05) is 17.8 Å². The molecule has 0 N–H and O–H groups in total. The molecule has 0 radical (unpaired) electrons. The molecule has 0 amide bonds. The second kappa shape index (κ2) is 7.30. The molecule has 4 aromatic carbocycles. The molecule has 6 rings (SSSR count). The Morgan fingerprint density at radius 2 is 1.73 bits per heavy atom. The fourth-order valence-corrected chi connectivity index (χ4v) is 6.92. The summed E-state index contributed by atoms with van der Waals surface area (Å²) in [6.07, 6.45) is 3.18. The number of aromatic nitrogens is 1. The number of halogens is 1. The fraction of sp³-hybridized carbons (Fsp3) is 0.233. The van der Waals surface area contributed by atoms with Crippen LogP contribution in [0.3, 0.4) is 0 Å². The van der Waals surface area contributed by atoms with Crippen molar-refractivity contribution >= 4 is 44.1 Å². The maximum absolute atomic E-state index is 14.2. The second-order valence-electron chi connectivity index (χ2n) is 9.86. The van der Waals surface area contributed by atoms with E-state index in [9.17, 15) is 4.39 Å². The number of hydrogen-bond donors (Lipinski definition) is 0. The maximum Gasteiger partial charge on any atom is 0.222 e. The Hall–Kier alpha value is -2.91. The van der Waals surface area contributed by atoms with Crippen LogP contribution >= 0.6 is 11.8 Å². The van der Waals surface area contributed by atoms with E-state index in [4.69, 9.17) is 0 Å². The Morgan fingerprint density at radius 1 is 0.909 bits per heavy atom. The van der Waals surface area contributed by atoms with Gasteiger partial charge in [-0.15, -0.1) is 0 Å². The molecule has 1 aliphatic heterocycles. The molecule has 1 nitrogen and oxygen atoms in total. The van der Waals surface area contributed by atoms with Crippen LogP contribution in [0.25, 0.3) is 43.6 Å². The molecule has 33 heavy (non-hydrogen) atoms. The Labute approximate surface area is 198 Å². The Morgan fingerprint density at radius 3 is 2.52 bits per heavy atom. The van der Waals surface area contributed by atoms with Gasteiger partial charge in [0.15, 0.2) is 6.20 Å². The van der Waals surface area contributed by atoms with Crippen molar-refractivity contribution < 1.29 is 8.96 Å². The monoisotopic (exact) mass is 452 g/mol. The summed E-state index contributed by atoms with van der Waals surface area (Å²) >= 11 is 1.90. The van der Waals surface area contributed by atoms with Crippen molar-refractivity contribution in [3.63, 3.8) is 0 Å². The first kappa shape index (κ1) is 20.7. The van der Waals surface area contributed by atoms with Gasteiger partial charge in [0.05, 0.1) is 10.9 Å². The number of nitrogens with zero attached hydrogens (tertiary/aromatic N) is 1. The van der Waals surface area contributed by atoms with Gasteiger partial charge in [-0.3, -0.25) is 0 Å². The highest BCUT2D eigenvalue weighted by molar-refractivity contribution is 8.00. The zero-order valence-electron chi connectivity index (χ0n) is 19.7. The van der Waals surface area contributed by atoms with E-state index in [0.29, 0.717) is 5.92 Å². The van der Waals surface area contributed by atoms with Gasteiger partial charge in [-0.2, -0.15) is 0 Å². The molecule has 0 aliphatic carbocycles. The van der Waals surface area contributed by atoms with E-state index in [-0.39, 0.29) is 5.82 Å². The Kier molecular flexibility index (Phi) is 4.57. The van der Waals surface area contributed by atoms with Crippen LogP contribution < -0.4 is 4.57 Å². The average molecular weight is 453 g/mol. The smallest absolute Gasteiger partial charge is 0.207 e. The van der Waals surface area contributed by atoms with Crippen molar-refractivity contribution in [2.75, 3.05) is 0 Å². The van der Waals surface area contributed by atoms with Crippen LogP contribution in [0.15, 0.2) is 64.5 Å². The van der Waals surface area contributed by atoms with Gasteiger partial charge in [-0.25, -0.2) is 8.96 Å². The molecule has 0 fully saturated rings. The normalized spacial score (nSPS) is 12.8. The molecule has 0 saturated heterocycles. The lowest BCUT2D eigenvalue weighted by Crippen LogP contribution is -2.32. The predicted octanol–water partition coefficient (Wildman–Crippen LogP) is 8.06. The van der Waals surface area contributed by atoms with E-state index >= 15 is 0 Å². The Bertz CT molecular complexity index is 1630. The zero-order valence-corrected chi connectivity index (χ0v) is 20.5. The van der Waals surface area contributed by atoms with Crippen LogP contribution in [-0.2, 0) is 13.5 Å². The Balaban J connectivity index is 1.83. The molecule has 0 bridgehead atoms. The van der Waals surface area contributed by atoms with Crippen LogP contribution in [0, 0.1) is 25.6 Å². The number of rotatable bonds is 2. The SMILES string of the molecule is Cc1ccc2c(CC(C)C)c3c(c(C)c2c1)-c1c2c(cc4ccc(F)cc4c2cc[n+]1C)S3. The van der Waals surface area contributed by atoms with Gasteiger partial charge < -0.3 is 0 Å². The molecule has 1 aromatic heterocycles. The zero-order chi connectivity index (χ0) is 23.0. The molecule has 5 aromatic rings. The minimum atomic E-state index is -0.187. The minimum absolute atomic E-state index is 0.187. The molecular formula is C30H27FNS+. The molecule has 3 heteroatoms. The molecule has 164 valence electrons. The van der Waals surface area contributed by atoms with Gasteiger partial charge in [-0.1, -0.05) is 55.4 Å². The van der Waals surface area contributed by atoms with Crippen molar-refractivity contribution in [2.24, 2.45) is 13.0 Å². The predicted molar refractivity (Wildman–Crippen MR) is 138 cm³/mol.